The van der Waals surface area contributed by atoms with Gasteiger partial charge in [0.25, 0.3) is 0 Å². The molecule has 4 atom stereocenters. The second kappa shape index (κ2) is 10.2. The molecular formula is C16H26N5O6PS2. The van der Waals surface area contributed by atoms with Crippen molar-refractivity contribution in [3.8, 4) is 0 Å². The number of ether oxygens (including phenoxy) is 1. The Balaban J connectivity index is 1.77. The summed E-state index contributed by atoms with van der Waals surface area (Å²) in [6, 6.07) is 0. The van der Waals surface area contributed by atoms with Crippen LogP contribution < -0.4 is 5.73 Å². The Morgan fingerprint density at radius 2 is 2.03 bits per heavy atom. The van der Waals surface area contributed by atoms with Gasteiger partial charge in [0.1, 0.15) is 23.8 Å². The fraction of sp³-hybridized carbons (Fsp3) is 0.688. The second-order valence-corrected chi connectivity index (χ2v) is 10.7. The largest absolute Gasteiger partial charge is 0.387 e. The van der Waals surface area contributed by atoms with Gasteiger partial charge in [-0.25, -0.2) is 15.0 Å². The lowest BCUT2D eigenvalue weighted by Crippen LogP contribution is -2.33. The van der Waals surface area contributed by atoms with E-state index < -0.39 is 31.3 Å². The summed E-state index contributed by atoms with van der Waals surface area (Å²) in [5.41, 5.74) is 6.75. The van der Waals surface area contributed by atoms with Gasteiger partial charge in [-0.3, -0.25) is 4.57 Å². The van der Waals surface area contributed by atoms with E-state index in [0.717, 1.165) is 25.0 Å². The number of aliphatic hydroxyl groups excluding tert-OH is 2. The standard InChI is InChI=1S/C16H26N5O6PS2/c1-2-3-4-5-6-30-16-19-13(17)10-14(20-16)21(8-18-10)15-12(23)11(22)9(27-15)7-26-28(24,25)29/h8-9,11-12,15,22-23H,2-7H2,1H3,(H2,17,19,20)(H2,24,25,29). The molecule has 6 N–H and O–H groups in total. The first kappa shape index (κ1) is 23.8. The molecule has 1 aliphatic rings. The Morgan fingerprint density at radius 3 is 2.73 bits per heavy atom. The van der Waals surface area contributed by atoms with Crippen LogP contribution in [-0.4, -0.2) is 70.2 Å². The summed E-state index contributed by atoms with van der Waals surface area (Å²) in [7, 11) is 0. The maximum absolute atomic E-state index is 10.5. The molecule has 1 saturated heterocycles. The number of thioether (sulfide) groups is 1. The monoisotopic (exact) mass is 479 g/mol. The SMILES string of the molecule is CCCCCCSc1nc(N)c2ncn(C3OC(COP(O)(O)=S)C(O)C3O)c2n1. The number of nitrogens with two attached hydrogens (primary N) is 1. The molecule has 0 radical (unpaired) electrons. The smallest absolute Gasteiger partial charge is 0.321 e. The van der Waals surface area contributed by atoms with Crippen molar-refractivity contribution in [1.82, 2.24) is 19.5 Å². The van der Waals surface area contributed by atoms with Crippen molar-refractivity contribution in [2.24, 2.45) is 0 Å². The number of anilines is 1. The van der Waals surface area contributed by atoms with Crippen LogP contribution in [0.15, 0.2) is 11.5 Å². The van der Waals surface area contributed by atoms with E-state index in [1.807, 2.05) is 0 Å². The molecule has 168 valence electrons. The van der Waals surface area contributed by atoms with Gasteiger partial charge in [0.15, 0.2) is 22.8 Å². The zero-order chi connectivity index (χ0) is 21.9. The van der Waals surface area contributed by atoms with Crippen molar-refractivity contribution in [2.45, 2.75) is 62.3 Å². The van der Waals surface area contributed by atoms with Gasteiger partial charge in [-0.05, 0) is 18.2 Å². The third-order valence-electron chi connectivity index (χ3n) is 4.68. The fourth-order valence-corrected chi connectivity index (χ4v) is 4.50. The number of aliphatic hydroxyl groups is 2. The van der Waals surface area contributed by atoms with Crippen molar-refractivity contribution >= 4 is 47.3 Å². The molecule has 3 heterocycles. The molecule has 0 aromatic carbocycles. The Labute approximate surface area is 182 Å². The molecule has 2 aromatic heterocycles. The molecule has 0 spiro atoms. The van der Waals surface area contributed by atoms with Crippen LogP contribution in [0.25, 0.3) is 11.2 Å². The topological polar surface area (TPSA) is 169 Å². The quantitative estimate of drug-likeness (QED) is 0.142. The lowest BCUT2D eigenvalue weighted by Gasteiger charge is -2.17. The van der Waals surface area contributed by atoms with Crippen LogP contribution in [0, 0.1) is 0 Å². The van der Waals surface area contributed by atoms with E-state index in [2.05, 4.69) is 33.7 Å². The Morgan fingerprint density at radius 1 is 1.27 bits per heavy atom. The predicted octanol–water partition coefficient (Wildman–Crippen LogP) is 0.926. The van der Waals surface area contributed by atoms with E-state index in [1.54, 1.807) is 0 Å². The zero-order valence-electron chi connectivity index (χ0n) is 16.4. The summed E-state index contributed by atoms with van der Waals surface area (Å²) in [4.78, 5) is 31.4. The Kier molecular flexibility index (Phi) is 8.04. The van der Waals surface area contributed by atoms with E-state index in [9.17, 15) is 20.0 Å². The summed E-state index contributed by atoms with van der Waals surface area (Å²) >= 11 is 5.89. The number of hydrogen-bond donors (Lipinski definition) is 5. The van der Waals surface area contributed by atoms with Crippen molar-refractivity contribution < 1.29 is 29.3 Å². The zero-order valence-corrected chi connectivity index (χ0v) is 18.9. The number of unbranched alkanes of at least 4 members (excludes halogenated alkanes) is 3. The normalized spacial score (nSPS) is 24.7. The molecule has 30 heavy (non-hydrogen) atoms. The van der Waals surface area contributed by atoms with Gasteiger partial charge in [0.05, 0.1) is 12.9 Å². The number of aromatic nitrogens is 4. The molecule has 0 amide bonds. The van der Waals surface area contributed by atoms with Gasteiger partial charge >= 0.3 is 6.72 Å². The van der Waals surface area contributed by atoms with E-state index in [0.29, 0.717) is 16.3 Å². The third kappa shape index (κ3) is 5.67. The summed E-state index contributed by atoms with van der Waals surface area (Å²) in [5.74, 6) is 1.07. The molecule has 4 unspecified atom stereocenters. The second-order valence-electron chi connectivity index (χ2n) is 6.96. The van der Waals surface area contributed by atoms with Crippen LogP contribution in [0.4, 0.5) is 5.82 Å². The van der Waals surface area contributed by atoms with E-state index in [1.165, 1.54) is 29.1 Å². The van der Waals surface area contributed by atoms with Gasteiger partial charge in [0, 0.05) is 5.75 Å². The van der Waals surface area contributed by atoms with Gasteiger partial charge in [0.2, 0.25) is 0 Å². The average Bonchev–Trinajstić information content (AvgIpc) is 3.21. The molecule has 1 aliphatic heterocycles. The molecule has 0 aliphatic carbocycles. The highest BCUT2D eigenvalue weighted by molar-refractivity contribution is 8.06. The lowest BCUT2D eigenvalue weighted by molar-refractivity contribution is -0.0487. The highest BCUT2D eigenvalue weighted by atomic mass is 32.5. The fourth-order valence-electron chi connectivity index (χ4n) is 3.13. The number of fused-ring (bicyclic) bond motifs is 1. The molecule has 3 rings (SSSR count). The maximum atomic E-state index is 10.5. The predicted molar refractivity (Wildman–Crippen MR) is 115 cm³/mol. The van der Waals surface area contributed by atoms with Crippen LogP contribution in [0.3, 0.4) is 0 Å². The minimum atomic E-state index is -3.91. The summed E-state index contributed by atoms with van der Waals surface area (Å²) in [6.07, 6.45) is 1.22. The van der Waals surface area contributed by atoms with Crippen molar-refractivity contribution in [2.75, 3.05) is 18.1 Å². The molecule has 11 nitrogen and oxygen atoms in total. The van der Waals surface area contributed by atoms with Gasteiger partial charge < -0.3 is 35.0 Å². The first-order chi connectivity index (χ1) is 14.2. The molecule has 1 fully saturated rings. The van der Waals surface area contributed by atoms with Crippen LogP contribution in [-0.2, 0) is 21.1 Å². The van der Waals surface area contributed by atoms with Crippen LogP contribution >= 0.6 is 18.5 Å². The number of nitrogens with zero attached hydrogens (tertiary/aromatic N) is 4. The third-order valence-corrected chi connectivity index (χ3v) is 6.41. The first-order valence-electron chi connectivity index (χ1n) is 9.55. The summed E-state index contributed by atoms with van der Waals surface area (Å²) in [6.45, 7) is -2.15. The number of hydrogen-bond acceptors (Lipinski definition) is 10. The molecule has 14 heteroatoms. The highest BCUT2D eigenvalue weighted by Crippen LogP contribution is 2.39. The van der Waals surface area contributed by atoms with Gasteiger partial charge in [-0.1, -0.05) is 37.9 Å². The molecular weight excluding hydrogens is 453 g/mol. The van der Waals surface area contributed by atoms with E-state index in [-0.39, 0.29) is 12.4 Å². The highest BCUT2D eigenvalue weighted by Gasteiger charge is 2.45. The lowest BCUT2D eigenvalue weighted by atomic mass is 10.1. The molecule has 0 bridgehead atoms. The van der Waals surface area contributed by atoms with Crippen molar-refractivity contribution in [1.29, 1.82) is 0 Å². The Hall–Kier alpha value is -0.890. The number of rotatable bonds is 10. The molecule has 2 aromatic rings. The van der Waals surface area contributed by atoms with E-state index in [4.69, 9.17) is 15.0 Å². The maximum Gasteiger partial charge on any atom is 0.321 e. The minimum Gasteiger partial charge on any atom is -0.387 e. The van der Waals surface area contributed by atoms with E-state index >= 15 is 0 Å². The minimum absolute atomic E-state index is 0.212. The van der Waals surface area contributed by atoms with Crippen molar-refractivity contribution in [3.05, 3.63) is 6.33 Å². The summed E-state index contributed by atoms with van der Waals surface area (Å²) in [5, 5.41) is 21.2. The first-order valence-corrected chi connectivity index (χ1v) is 13.2. The van der Waals surface area contributed by atoms with Crippen LogP contribution in [0.5, 0.6) is 0 Å². The van der Waals surface area contributed by atoms with Gasteiger partial charge in [-0.2, -0.15) is 0 Å². The Bertz CT molecular complexity index is 912. The average molecular weight is 480 g/mol. The molecule has 0 saturated carbocycles. The van der Waals surface area contributed by atoms with Crippen LogP contribution in [0.1, 0.15) is 38.8 Å². The number of imidazole rings is 1. The van der Waals surface area contributed by atoms with Crippen LogP contribution in [0.2, 0.25) is 0 Å². The van der Waals surface area contributed by atoms with Gasteiger partial charge in [-0.15, -0.1) is 0 Å². The summed E-state index contributed by atoms with van der Waals surface area (Å²) < 4.78 is 11.9. The van der Waals surface area contributed by atoms with Crippen molar-refractivity contribution in [3.63, 3.8) is 0 Å². The number of nitrogen functional groups attached to an aromatic ring is 1.